The molecule has 25 heavy (non-hydrogen) atoms. The van der Waals surface area contributed by atoms with Crippen LogP contribution in [-0.4, -0.2) is 43.0 Å². The van der Waals surface area contributed by atoms with Crippen LogP contribution in [0.4, 0.5) is 4.39 Å². The molecule has 136 valence electrons. The second-order valence-electron chi connectivity index (χ2n) is 6.81. The third-order valence-electron chi connectivity index (χ3n) is 5.03. The molecule has 2 fully saturated rings. The molecule has 2 amide bonds. The lowest BCUT2D eigenvalue weighted by molar-refractivity contribution is -0.140. The van der Waals surface area contributed by atoms with Gasteiger partial charge in [0.1, 0.15) is 11.9 Å². The van der Waals surface area contributed by atoms with Gasteiger partial charge in [-0.25, -0.2) is 4.39 Å². The molecule has 6 heteroatoms. The van der Waals surface area contributed by atoms with Crippen molar-refractivity contribution < 1.29 is 18.7 Å². The molecule has 0 radical (unpaired) electrons. The molecule has 1 aromatic carbocycles. The third kappa shape index (κ3) is 4.78. The van der Waals surface area contributed by atoms with E-state index in [1.807, 2.05) is 0 Å². The molecule has 1 aliphatic heterocycles. The summed E-state index contributed by atoms with van der Waals surface area (Å²) < 4.78 is 19.1. The summed E-state index contributed by atoms with van der Waals surface area (Å²) in [4.78, 5) is 26.3. The molecule has 1 heterocycles. The van der Waals surface area contributed by atoms with Gasteiger partial charge in [0, 0.05) is 12.5 Å². The molecule has 5 nitrogen and oxygen atoms in total. The van der Waals surface area contributed by atoms with E-state index in [0.29, 0.717) is 19.7 Å². The zero-order chi connectivity index (χ0) is 17.6. The number of rotatable bonds is 4. The number of carbonyl (C=O) groups is 2. The van der Waals surface area contributed by atoms with E-state index in [9.17, 15) is 14.0 Å². The summed E-state index contributed by atoms with van der Waals surface area (Å²) in [5, 5.41) is 2.78. The van der Waals surface area contributed by atoms with E-state index < -0.39 is 0 Å². The van der Waals surface area contributed by atoms with Gasteiger partial charge in [0.15, 0.2) is 0 Å². The zero-order valence-electron chi connectivity index (χ0n) is 14.4. The van der Waals surface area contributed by atoms with Crippen LogP contribution in [0.1, 0.15) is 43.8 Å². The maximum atomic E-state index is 13.4. The van der Waals surface area contributed by atoms with E-state index in [0.717, 1.165) is 31.2 Å². The van der Waals surface area contributed by atoms with Gasteiger partial charge in [-0.15, -0.1) is 0 Å². The Morgan fingerprint density at radius 3 is 2.80 bits per heavy atom. The Balaban J connectivity index is 1.50. The number of carbonyl (C=O) groups excluding carboxylic acids is 2. The summed E-state index contributed by atoms with van der Waals surface area (Å²) in [5.74, 6) is -0.396. The van der Waals surface area contributed by atoms with Gasteiger partial charge < -0.3 is 15.0 Å². The molecule has 1 N–H and O–H groups in total. The Morgan fingerprint density at radius 1 is 1.24 bits per heavy atom. The smallest absolute Gasteiger partial charge is 0.242 e. The van der Waals surface area contributed by atoms with Gasteiger partial charge in [-0.2, -0.15) is 0 Å². The van der Waals surface area contributed by atoms with Crippen molar-refractivity contribution in [3.8, 4) is 0 Å². The molecule has 1 saturated carbocycles. The van der Waals surface area contributed by atoms with Crippen LogP contribution in [0.25, 0.3) is 0 Å². The predicted octanol–water partition coefficient (Wildman–Crippen LogP) is 2.42. The van der Waals surface area contributed by atoms with Crippen LogP contribution in [0.2, 0.25) is 0 Å². The maximum absolute atomic E-state index is 13.4. The van der Waals surface area contributed by atoms with Crippen molar-refractivity contribution in [3.05, 3.63) is 35.6 Å². The van der Waals surface area contributed by atoms with Crippen LogP contribution in [0.15, 0.2) is 24.3 Å². The van der Waals surface area contributed by atoms with Crippen LogP contribution in [0, 0.1) is 11.7 Å². The predicted molar refractivity (Wildman–Crippen MR) is 91.3 cm³/mol. The minimum Gasteiger partial charge on any atom is -0.370 e. The molecular weight excluding hydrogens is 323 g/mol. The van der Waals surface area contributed by atoms with Crippen molar-refractivity contribution in [1.82, 2.24) is 10.2 Å². The van der Waals surface area contributed by atoms with E-state index in [1.54, 1.807) is 17.0 Å². The van der Waals surface area contributed by atoms with Crippen molar-refractivity contribution in [1.29, 1.82) is 0 Å². The summed E-state index contributed by atoms with van der Waals surface area (Å²) in [7, 11) is 0. The first-order valence-corrected chi connectivity index (χ1v) is 9.06. The van der Waals surface area contributed by atoms with Gasteiger partial charge in [0.2, 0.25) is 11.8 Å². The Kier molecular flexibility index (Phi) is 6.02. The maximum Gasteiger partial charge on any atom is 0.242 e. The Labute approximate surface area is 147 Å². The minimum atomic E-state index is -0.331. The molecule has 0 spiro atoms. The van der Waals surface area contributed by atoms with Gasteiger partial charge in [-0.3, -0.25) is 9.59 Å². The topological polar surface area (TPSA) is 58.6 Å². The molecule has 3 rings (SSSR count). The van der Waals surface area contributed by atoms with Gasteiger partial charge in [0.05, 0.1) is 19.7 Å². The highest BCUT2D eigenvalue weighted by Gasteiger charge is 2.27. The fourth-order valence-electron chi connectivity index (χ4n) is 3.57. The summed E-state index contributed by atoms with van der Waals surface area (Å²) in [6.07, 6.45) is 4.87. The number of amides is 2. The molecule has 1 saturated heterocycles. The van der Waals surface area contributed by atoms with Crippen LogP contribution >= 0.6 is 0 Å². The molecule has 0 bridgehead atoms. The fourth-order valence-corrected chi connectivity index (χ4v) is 3.57. The first-order chi connectivity index (χ1) is 12.1. The van der Waals surface area contributed by atoms with Gasteiger partial charge in [0.25, 0.3) is 0 Å². The van der Waals surface area contributed by atoms with Crippen molar-refractivity contribution in [3.63, 3.8) is 0 Å². The molecule has 0 aromatic heterocycles. The average Bonchev–Trinajstić information content (AvgIpc) is 2.66. The van der Waals surface area contributed by atoms with E-state index in [-0.39, 0.29) is 36.2 Å². The highest BCUT2D eigenvalue weighted by molar-refractivity contribution is 5.86. The summed E-state index contributed by atoms with van der Waals surface area (Å²) in [5.41, 5.74) is 0.726. The first-order valence-electron chi connectivity index (χ1n) is 9.06. The quantitative estimate of drug-likeness (QED) is 0.909. The highest BCUT2D eigenvalue weighted by atomic mass is 19.1. The Hall–Kier alpha value is -1.95. The van der Waals surface area contributed by atoms with Crippen molar-refractivity contribution in [2.24, 2.45) is 5.92 Å². The number of halogens is 1. The SMILES string of the molecule is O=C(NCC(=O)N1CCOC(c2cccc(F)c2)C1)C1CCCCC1. The second-order valence-corrected chi connectivity index (χ2v) is 6.81. The lowest BCUT2D eigenvalue weighted by atomic mass is 9.89. The number of hydrogen-bond donors (Lipinski definition) is 1. The summed E-state index contributed by atoms with van der Waals surface area (Å²) in [6, 6.07) is 6.26. The minimum absolute atomic E-state index is 0.0111. The molecule has 1 aromatic rings. The van der Waals surface area contributed by atoms with E-state index in [2.05, 4.69) is 5.32 Å². The molecule has 1 aliphatic carbocycles. The number of nitrogens with zero attached hydrogens (tertiary/aromatic N) is 1. The Bertz CT molecular complexity index is 616. The third-order valence-corrected chi connectivity index (χ3v) is 5.03. The zero-order valence-corrected chi connectivity index (χ0v) is 14.4. The Morgan fingerprint density at radius 2 is 2.04 bits per heavy atom. The largest absolute Gasteiger partial charge is 0.370 e. The second kappa shape index (κ2) is 8.43. The van der Waals surface area contributed by atoms with Crippen molar-refractivity contribution in [2.45, 2.75) is 38.2 Å². The van der Waals surface area contributed by atoms with Crippen LogP contribution in [0.5, 0.6) is 0 Å². The highest BCUT2D eigenvalue weighted by Crippen LogP contribution is 2.24. The summed E-state index contributed by atoms with van der Waals surface area (Å²) >= 11 is 0. The number of hydrogen-bond acceptors (Lipinski definition) is 3. The standard InChI is InChI=1S/C19H25FN2O3/c20-16-8-4-7-15(11-16)17-13-22(9-10-25-17)18(23)12-21-19(24)14-5-2-1-3-6-14/h4,7-8,11,14,17H,1-3,5-6,9-10,12-13H2,(H,21,24). The van der Waals surface area contributed by atoms with Gasteiger partial charge >= 0.3 is 0 Å². The molecule has 2 aliphatic rings. The monoisotopic (exact) mass is 348 g/mol. The molecule has 1 atom stereocenters. The van der Waals surface area contributed by atoms with Crippen LogP contribution < -0.4 is 5.32 Å². The fraction of sp³-hybridized carbons (Fsp3) is 0.579. The number of nitrogens with one attached hydrogen (secondary N) is 1. The number of benzene rings is 1. The average molecular weight is 348 g/mol. The normalized spacial score (nSPS) is 21.8. The lowest BCUT2D eigenvalue weighted by Crippen LogP contribution is -2.47. The van der Waals surface area contributed by atoms with Gasteiger partial charge in [-0.05, 0) is 30.5 Å². The van der Waals surface area contributed by atoms with Crippen LogP contribution in [0.3, 0.4) is 0 Å². The van der Waals surface area contributed by atoms with E-state index in [1.165, 1.54) is 18.6 Å². The number of morpholine rings is 1. The van der Waals surface area contributed by atoms with Crippen LogP contribution in [-0.2, 0) is 14.3 Å². The molecular formula is C19H25FN2O3. The first kappa shape index (κ1) is 17.9. The number of ether oxygens (including phenoxy) is 1. The van der Waals surface area contributed by atoms with E-state index >= 15 is 0 Å². The van der Waals surface area contributed by atoms with Gasteiger partial charge in [-0.1, -0.05) is 31.4 Å². The summed E-state index contributed by atoms with van der Waals surface area (Å²) in [6.45, 7) is 1.29. The molecule has 1 unspecified atom stereocenters. The van der Waals surface area contributed by atoms with Crippen molar-refractivity contribution >= 4 is 11.8 Å². The lowest BCUT2D eigenvalue weighted by Gasteiger charge is -2.33. The van der Waals surface area contributed by atoms with Crippen molar-refractivity contribution in [2.75, 3.05) is 26.2 Å². The van der Waals surface area contributed by atoms with E-state index in [4.69, 9.17) is 4.74 Å².